The Morgan fingerprint density at radius 1 is 1.15 bits per heavy atom. The lowest BCUT2D eigenvalue weighted by molar-refractivity contribution is 0.0802. The van der Waals surface area contributed by atoms with Crippen molar-refractivity contribution in [2.45, 2.75) is 45.6 Å². The summed E-state index contributed by atoms with van der Waals surface area (Å²) in [6.07, 6.45) is 2.23. The smallest absolute Gasteiger partial charge is 0.280 e. The zero-order valence-corrected chi connectivity index (χ0v) is 19.3. The van der Waals surface area contributed by atoms with Crippen molar-refractivity contribution in [3.63, 3.8) is 0 Å². The van der Waals surface area contributed by atoms with Crippen LogP contribution in [0.5, 0.6) is 0 Å². The highest BCUT2D eigenvalue weighted by molar-refractivity contribution is 5.85. The summed E-state index contributed by atoms with van der Waals surface area (Å²) < 4.78 is 11.1. The summed E-state index contributed by atoms with van der Waals surface area (Å²) in [4.78, 5) is 16.6. The number of benzene rings is 2. The van der Waals surface area contributed by atoms with Crippen molar-refractivity contribution in [1.82, 2.24) is 10.1 Å². The predicted octanol–water partition coefficient (Wildman–Crippen LogP) is 5.87. The van der Waals surface area contributed by atoms with Gasteiger partial charge in [-0.05, 0) is 74.6 Å². The molecule has 0 saturated carbocycles. The van der Waals surface area contributed by atoms with Crippen LogP contribution in [0.2, 0.25) is 0 Å². The van der Waals surface area contributed by atoms with Gasteiger partial charge >= 0.3 is 0 Å². The van der Waals surface area contributed by atoms with Crippen LogP contribution in [0.4, 0.5) is 5.69 Å². The highest BCUT2D eigenvalue weighted by Gasteiger charge is 2.21. The summed E-state index contributed by atoms with van der Waals surface area (Å²) in [6, 6.07) is 16.1. The van der Waals surface area contributed by atoms with E-state index in [1.807, 2.05) is 24.3 Å². The van der Waals surface area contributed by atoms with Crippen LogP contribution in [-0.2, 0) is 4.74 Å². The average Bonchev–Trinajstić information content (AvgIpc) is 3.25. The number of pyridine rings is 1. The van der Waals surface area contributed by atoms with Crippen LogP contribution in [0.25, 0.3) is 22.2 Å². The molecule has 170 valence electrons. The third-order valence-electron chi connectivity index (χ3n) is 6.50. The first-order valence-corrected chi connectivity index (χ1v) is 11.5. The number of nitrogens with zero attached hydrogens (tertiary/aromatic N) is 1. The molecule has 5 rings (SSSR count). The van der Waals surface area contributed by atoms with Gasteiger partial charge in [0.2, 0.25) is 0 Å². The van der Waals surface area contributed by atoms with E-state index in [1.165, 1.54) is 22.8 Å². The predicted molar refractivity (Wildman–Crippen MR) is 131 cm³/mol. The Hall–Kier alpha value is -3.38. The minimum Gasteiger partial charge on any atom is -0.381 e. The Labute approximate surface area is 193 Å². The van der Waals surface area contributed by atoms with Crippen molar-refractivity contribution in [2.24, 2.45) is 0 Å². The second-order valence-electron chi connectivity index (χ2n) is 8.99. The Morgan fingerprint density at radius 2 is 2.00 bits per heavy atom. The van der Waals surface area contributed by atoms with E-state index in [1.54, 1.807) is 0 Å². The lowest BCUT2D eigenvalue weighted by atomic mass is 9.89. The molecule has 33 heavy (non-hydrogen) atoms. The molecule has 2 atom stereocenters. The minimum atomic E-state index is -0.252. The second kappa shape index (κ2) is 8.87. The van der Waals surface area contributed by atoms with E-state index in [0.29, 0.717) is 11.7 Å². The van der Waals surface area contributed by atoms with Gasteiger partial charge in [-0.1, -0.05) is 18.2 Å². The molecule has 0 amide bonds. The molecule has 0 radical (unpaired) electrons. The standard InChI is InChI=1S/C27H29N3O3/c1-16-11-22(18(3)28-24-9-5-4-8-20(24)26-14-27(31)30-33-26)23-13-21(17(2)29-25(23)12-16)19-7-6-10-32-15-19/h4-5,8-9,11-14,18-19,28H,6-7,10,15H2,1-3H3,(H,30,31)/t18-,19?/m1/s1. The highest BCUT2D eigenvalue weighted by atomic mass is 16.5. The number of nitrogens with one attached hydrogen (secondary N) is 2. The van der Waals surface area contributed by atoms with Gasteiger partial charge in [0.25, 0.3) is 5.56 Å². The second-order valence-corrected chi connectivity index (χ2v) is 8.99. The summed E-state index contributed by atoms with van der Waals surface area (Å²) in [5, 5.41) is 7.18. The molecule has 1 aliphatic heterocycles. The van der Waals surface area contributed by atoms with Crippen molar-refractivity contribution in [3.05, 3.63) is 81.3 Å². The quantitative estimate of drug-likeness (QED) is 0.403. The number of aromatic nitrogens is 2. The van der Waals surface area contributed by atoms with Gasteiger partial charge in [-0.25, -0.2) is 0 Å². The first-order chi connectivity index (χ1) is 16.0. The molecule has 1 unspecified atom stereocenters. The molecule has 2 aromatic heterocycles. The molecule has 6 nitrogen and oxygen atoms in total. The normalized spacial score (nSPS) is 17.2. The third kappa shape index (κ3) is 4.31. The zero-order valence-electron chi connectivity index (χ0n) is 19.3. The number of aryl methyl sites for hydroxylation is 2. The van der Waals surface area contributed by atoms with Crippen molar-refractivity contribution in [2.75, 3.05) is 18.5 Å². The van der Waals surface area contributed by atoms with Crippen LogP contribution in [-0.4, -0.2) is 23.4 Å². The molecular formula is C27H29N3O3. The summed E-state index contributed by atoms with van der Waals surface area (Å²) in [5.41, 5.74) is 7.26. The number of aromatic amines is 1. The lowest BCUT2D eigenvalue weighted by Gasteiger charge is -2.25. The number of hydrogen-bond acceptors (Lipinski definition) is 5. The first-order valence-electron chi connectivity index (χ1n) is 11.5. The maximum absolute atomic E-state index is 11.6. The van der Waals surface area contributed by atoms with E-state index in [-0.39, 0.29) is 11.6 Å². The van der Waals surface area contributed by atoms with Crippen molar-refractivity contribution in [3.8, 4) is 11.3 Å². The number of hydrogen-bond donors (Lipinski definition) is 2. The van der Waals surface area contributed by atoms with E-state index in [2.05, 4.69) is 49.4 Å². The van der Waals surface area contributed by atoms with Crippen LogP contribution in [0.1, 0.15) is 54.1 Å². The fourth-order valence-corrected chi connectivity index (χ4v) is 4.87. The number of rotatable bonds is 5. The van der Waals surface area contributed by atoms with E-state index >= 15 is 0 Å². The van der Waals surface area contributed by atoms with Gasteiger partial charge in [0.05, 0.1) is 18.2 Å². The van der Waals surface area contributed by atoms with Crippen LogP contribution in [0, 0.1) is 13.8 Å². The van der Waals surface area contributed by atoms with Gasteiger partial charge in [0.1, 0.15) is 0 Å². The average molecular weight is 444 g/mol. The highest BCUT2D eigenvalue weighted by Crippen LogP contribution is 2.35. The molecule has 0 aliphatic carbocycles. The van der Waals surface area contributed by atoms with Gasteiger partial charge in [-0.2, -0.15) is 5.16 Å². The van der Waals surface area contributed by atoms with Gasteiger partial charge in [0.15, 0.2) is 5.76 Å². The van der Waals surface area contributed by atoms with E-state index < -0.39 is 0 Å². The van der Waals surface area contributed by atoms with Crippen molar-refractivity contribution in [1.29, 1.82) is 0 Å². The molecule has 1 aliphatic rings. The number of ether oxygens (including phenoxy) is 1. The van der Waals surface area contributed by atoms with Crippen LogP contribution in [0.15, 0.2) is 57.8 Å². The summed E-state index contributed by atoms with van der Waals surface area (Å²) in [5.74, 6) is 0.909. The summed E-state index contributed by atoms with van der Waals surface area (Å²) in [7, 11) is 0. The molecule has 0 spiro atoms. The van der Waals surface area contributed by atoms with E-state index in [4.69, 9.17) is 14.2 Å². The molecule has 1 saturated heterocycles. The van der Waals surface area contributed by atoms with E-state index in [0.717, 1.165) is 53.9 Å². The van der Waals surface area contributed by atoms with Gasteiger partial charge < -0.3 is 14.6 Å². The molecule has 6 heteroatoms. The SMILES string of the molecule is Cc1cc([C@@H](C)Nc2ccccc2-c2cc(=O)[nH]o2)c2cc(C3CCCOC3)c(C)nc2c1. The Kier molecular flexibility index (Phi) is 5.77. The van der Waals surface area contributed by atoms with Crippen LogP contribution in [0.3, 0.4) is 0 Å². The topological polar surface area (TPSA) is 80.2 Å². The van der Waals surface area contributed by atoms with Crippen molar-refractivity contribution < 1.29 is 9.26 Å². The monoisotopic (exact) mass is 443 g/mol. The number of fused-ring (bicyclic) bond motifs is 1. The van der Waals surface area contributed by atoms with Crippen molar-refractivity contribution >= 4 is 16.6 Å². The molecular weight excluding hydrogens is 414 g/mol. The maximum atomic E-state index is 11.6. The maximum Gasteiger partial charge on any atom is 0.280 e. The van der Waals surface area contributed by atoms with Gasteiger partial charge in [-0.3, -0.25) is 9.78 Å². The van der Waals surface area contributed by atoms with Crippen LogP contribution < -0.4 is 10.9 Å². The molecule has 2 aromatic carbocycles. The number of H-pyrrole nitrogens is 1. The van der Waals surface area contributed by atoms with E-state index in [9.17, 15) is 4.79 Å². The zero-order chi connectivity index (χ0) is 22.9. The molecule has 4 aromatic rings. The number of para-hydroxylation sites is 1. The van der Waals surface area contributed by atoms with Gasteiger partial charge in [0, 0.05) is 40.9 Å². The molecule has 3 heterocycles. The fraction of sp³-hybridized carbons (Fsp3) is 0.333. The molecule has 0 bridgehead atoms. The number of anilines is 1. The largest absolute Gasteiger partial charge is 0.381 e. The van der Waals surface area contributed by atoms with Crippen LogP contribution >= 0.6 is 0 Å². The first kappa shape index (κ1) is 21.5. The minimum absolute atomic E-state index is 0.0131. The summed E-state index contributed by atoms with van der Waals surface area (Å²) in [6.45, 7) is 7.98. The Balaban J connectivity index is 1.55. The molecule has 1 fully saturated rings. The summed E-state index contributed by atoms with van der Waals surface area (Å²) >= 11 is 0. The Bertz CT molecular complexity index is 1350. The third-order valence-corrected chi connectivity index (χ3v) is 6.50. The van der Waals surface area contributed by atoms with Gasteiger partial charge in [-0.15, -0.1) is 0 Å². The fourth-order valence-electron chi connectivity index (χ4n) is 4.87. The molecule has 2 N–H and O–H groups in total. The lowest BCUT2D eigenvalue weighted by Crippen LogP contribution is -2.17. The Morgan fingerprint density at radius 3 is 2.76 bits per heavy atom.